The number of hydrogen-bond acceptors (Lipinski definition) is 5. The third-order valence-corrected chi connectivity index (χ3v) is 6.52. The molecule has 0 radical (unpaired) electrons. The fourth-order valence-electron chi connectivity index (χ4n) is 2.01. The Morgan fingerprint density at radius 2 is 1.96 bits per heavy atom. The number of alkyl halides is 2. The van der Waals surface area contributed by atoms with Gasteiger partial charge in [-0.05, 0) is 25.4 Å². The summed E-state index contributed by atoms with van der Waals surface area (Å²) in [7, 11) is 1.52. The Labute approximate surface area is 151 Å². The van der Waals surface area contributed by atoms with E-state index in [1.165, 1.54) is 17.8 Å². The van der Waals surface area contributed by atoms with Gasteiger partial charge in [0, 0.05) is 24.8 Å². The van der Waals surface area contributed by atoms with E-state index in [9.17, 15) is 14.7 Å². The maximum absolute atomic E-state index is 13.3. The molecule has 0 saturated carbocycles. The Balaban J connectivity index is 2.93. The van der Waals surface area contributed by atoms with Gasteiger partial charge in [0.1, 0.15) is 18.5 Å². The zero-order valence-electron chi connectivity index (χ0n) is 13.9. The summed E-state index contributed by atoms with van der Waals surface area (Å²) >= 11 is 11.4. The topological polar surface area (TPSA) is 93.7 Å². The molecule has 0 N–H and O–H groups in total. The first-order chi connectivity index (χ1) is 11.3. The van der Waals surface area contributed by atoms with Gasteiger partial charge in [0.15, 0.2) is 0 Å². The Kier molecular flexibility index (Phi) is 8.62. The SMILES string of the molecule is CN(CCCl)P(=O)(OCc1cnc([N+](=O)[O-])n1C)N(C)CCCCl. The van der Waals surface area contributed by atoms with Crippen molar-refractivity contribution in [3.63, 3.8) is 0 Å². The molecular formula is C12H22Cl2N5O4P. The highest BCUT2D eigenvalue weighted by Crippen LogP contribution is 2.53. The number of aromatic nitrogens is 2. The van der Waals surface area contributed by atoms with Crippen LogP contribution in [0.5, 0.6) is 0 Å². The molecule has 138 valence electrons. The Hall–Kier alpha value is -0.700. The molecule has 0 amide bonds. The molecule has 0 bridgehead atoms. The number of halogens is 2. The highest BCUT2D eigenvalue weighted by Gasteiger charge is 2.34. The van der Waals surface area contributed by atoms with Crippen molar-refractivity contribution < 1.29 is 14.0 Å². The lowest BCUT2D eigenvalue weighted by atomic mass is 10.5. The van der Waals surface area contributed by atoms with E-state index in [4.69, 9.17) is 27.7 Å². The van der Waals surface area contributed by atoms with E-state index < -0.39 is 12.6 Å². The molecule has 1 aromatic heterocycles. The summed E-state index contributed by atoms with van der Waals surface area (Å²) in [6, 6.07) is 0. The summed E-state index contributed by atoms with van der Waals surface area (Å²) in [5.74, 6) is 0.440. The fourth-order valence-corrected chi connectivity index (χ4v) is 4.46. The lowest BCUT2D eigenvalue weighted by Gasteiger charge is -2.33. The number of nitro groups is 1. The second-order valence-corrected chi connectivity index (χ2v) is 8.48. The van der Waals surface area contributed by atoms with Gasteiger partial charge in [0.2, 0.25) is 0 Å². The van der Waals surface area contributed by atoms with Gasteiger partial charge in [-0.15, -0.1) is 23.2 Å². The fraction of sp³-hybridized carbons (Fsp3) is 0.750. The summed E-state index contributed by atoms with van der Waals surface area (Å²) in [6.45, 7) is 0.779. The van der Waals surface area contributed by atoms with E-state index in [2.05, 4.69) is 4.98 Å². The van der Waals surface area contributed by atoms with E-state index in [1.54, 1.807) is 23.4 Å². The number of imidazole rings is 1. The molecule has 0 spiro atoms. The number of rotatable bonds is 11. The zero-order chi connectivity index (χ0) is 18.3. The van der Waals surface area contributed by atoms with Crippen molar-refractivity contribution in [2.45, 2.75) is 13.0 Å². The first-order valence-electron chi connectivity index (χ1n) is 7.22. The minimum Gasteiger partial charge on any atom is -0.390 e. The second kappa shape index (κ2) is 9.70. The van der Waals surface area contributed by atoms with Crippen LogP contribution in [0, 0.1) is 10.1 Å². The molecule has 0 aliphatic carbocycles. The van der Waals surface area contributed by atoms with Crippen molar-refractivity contribution in [1.82, 2.24) is 18.9 Å². The molecular weight excluding hydrogens is 380 g/mol. The van der Waals surface area contributed by atoms with Crippen molar-refractivity contribution in [2.24, 2.45) is 7.05 Å². The molecule has 0 aliphatic heterocycles. The van der Waals surface area contributed by atoms with E-state index in [0.29, 0.717) is 37.0 Å². The van der Waals surface area contributed by atoms with E-state index >= 15 is 0 Å². The average molecular weight is 402 g/mol. The molecule has 0 fully saturated rings. The van der Waals surface area contributed by atoms with Gasteiger partial charge in [-0.1, -0.05) is 4.98 Å². The van der Waals surface area contributed by atoms with Gasteiger partial charge in [-0.3, -0.25) is 9.09 Å². The number of hydrogen-bond donors (Lipinski definition) is 0. The maximum Gasteiger partial charge on any atom is 0.434 e. The van der Waals surface area contributed by atoms with Gasteiger partial charge in [-0.2, -0.15) is 0 Å². The molecule has 1 heterocycles. The van der Waals surface area contributed by atoms with Crippen LogP contribution in [0.15, 0.2) is 6.20 Å². The van der Waals surface area contributed by atoms with E-state index in [0.717, 1.165) is 0 Å². The molecule has 12 heteroatoms. The van der Waals surface area contributed by atoms with Gasteiger partial charge in [0.25, 0.3) is 0 Å². The lowest BCUT2D eigenvalue weighted by Crippen LogP contribution is -2.30. The Bertz CT molecular complexity index is 600. The van der Waals surface area contributed by atoms with E-state index in [1.807, 2.05) is 0 Å². The van der Waals surface area contributed by atoms with E-state index in [-0.39, 0.29) is 12.6 Å². The van der Waals surface area contributed by atoms with Crippen LogP contribution in [0.3, 0.4) is 0 Å². The van der Waals surface area contributed by atoms with Crippen LogP contribution in [-0.2, 0) is 22.7 Å². The van der Waals surface area contributed by atoms with Crippen molar-refractivity contribution in [1.29, 1.82) is 0 Å². The average Bonchev–Trinajstić information content (AvgIpc) is 2.91. The van der Waals surface area contributed by atoms with Crippen LogP contribution in [-0.4, -0.2) is 62.8 Å². The monoisotopic (exact) mass is 401 g/mol. The number of nitrogens with zero attached hydrogens (tertiary/aromatic N) is 5. The van der Waals surface area contributed by atoms with Crippen molar-refractivity contribution >= 4 is 36.8 Å². The molecule has 24 heavy (non-hydrogen) atoms. The van der Waals surface area contributed by atoms with Crippen molar-refractivity contribution in [3.05, 3.63) is 22.0 Å². The maximum atomic E-state index is 13.3. The lowest BCUT2D eigenvalue weighted by molar-refractivity contribution is -0.396. The molecule has 0 aromatic carbocycles. The zero-order valence-corrected chi connectivity index (χ0v) is 16.3. The van der Waals surface area contributed by atoms with Gasteiger partial charge in [0.05, 0.1) is 7.05 Å². The van der Waals surface area contributed by atoms with Gasteiger partial charge >= 0.3 is 13.6 Å². The summed E-state index contributed by atoms with van der Waals surface area (Å²) in [4.78, 5) is 14.0. The van der Waals surface area contributed by atoms with Crippen LogP contribution < -0.4 is 0 Å². The standard InChI is InChI=1S/C12H22Cl2N5O4P/c1-16(7-4-5-13)24(22,17(2)8-6-14)23-10-11-9-15-12(18(11)3)19(20)21/h9H,4-8,10H2,1-3H3. The smallest absolute Gasteiger partial charge is 0.390 e. The minimum atomic E-state index is -3.33. The molecule has 1 unspecified atom stereocenters. The van der Waals surface area contributed by atoms with Crippen molar-refractivity contribution in [3.8, 4) is 0 Å². The normalized spacial score (nSPS) is 14.3. The molecule has 9 nitrogen and oxygen atoms in total. The Morgan fingerprint density at radius 3 is 2.46 bits per heavy atom. The van der Waals surface area contributed by atoms with Crippen LogP contribution in [0.4, 0.5) is 5.95 Å². The summed E-state index contributed by atoms with van der Waals surface area (Å²) in [5, 5.41) is 10.8. The summed E-state index contributed by atoms with van der Waals surface area (Å²) in [5.41, 5.74) is 0.451. The first-order valence-corrected chi connectivity index (χ1v) is 9.82. The van der Waals surface area contributed by atoms with Gasteiger partial charge < -0.3 is 10.1 Å². The quantitative estimate of drug-likeness (QED) is 0.243. The summed E-state index contributed by atoms with van der Waals surface area (Å²) < 4.78 is 23.4. The third kappa shape index (κ3) is 5.15. The second-order valence-electron chi connectivity index (χ2n) is 5.12. The van der Waals surface area contributed by atoms with Crippen LogP contribution in [0.25, 0.3) is 0 Å². The molecule has 1 atom stereocenters. The van der Waals surface area contributed by atoms with Crippen molar-refractivity contribution in [2.75, 3.05) is 38.9 Å². The van der Waals surface area contributed by atoms with Crippen LogP contribution in [0.1, 0.15) is 12.1 Å². The minimum absolute atomic E-state index is 0.0769. The van der Waals surface area contributed by atoms with Gasteiger partial charge in [-0.25, -0.2) is 13.9 Å². The van der Waals surface area contributed by atoms with Crippen LogP contribution in [0.2, 0.25) is 0 Å². The molecule has 0 aliphatic rings. The molecule has 0 saturated heterocycles. The highest BCUT2D eigenvalue weighted by atomic mass is 35.5. The predicted octanol–water partition coefficient (Wildman–Crippen LogP) is 2.68. The third-order valence-electron chi connectivity index (χ3n) is 3.49. The first kappa shape index (κ1) is 21.3. The predicted molar refractivity (Wildman–Crippen MR) is 93.6 cm³/mol. The Morgan fingerprint density at radius 1 is 1.33 bits per heavy atom. The molecule has 1 rings (SSSR count). The summed E-state index contributed by atoms with van der Waals surface area (Å²) in [6.07, 6.45) is 1.99. The van der Waals surface area contributed by atoms with Crippen LogP contribution >= 0.6 is 30.9 Å². The molecule has 1 aromatic rings. The largest absolute Gasteiger partial charge is 0.434 e. The highest BCUT2D eigenvalue weighted by molar-refractivity contribution is 7.53.